The number of hydrogen-bond acceptors (Lipinski definition) is 3. The zero-order valence-electron chi connectivity index (χ0n) is 10.8. The van der Waals surface area contributed by atoms with Crippen molar-refractivity contribution in [1.82, 2.24) is 4.90 Å². The fourth-order valence-corrected chi connectivity index (χ4v) is 2.38. The van der Waals surface area contributed by atoms with Gasteiger partial charge in [0, 0.05) is 13.1 Å². The molecule has 0 aliphatic carbocycles. The number of carbonyl (C=O) groups is 2. The third-order valence-electron chi connectivity index (χ3n) is 3.52. The Morgan fingerprint density at radius 1 is 1.32 bits per heavy atom. The second-order valence-electron chi connectivity index (χ2n) is 4.97. The first kappa shape index (κ1) is 13.5. The number of nitrogens with two attached hydrogens (primary N) is 2. The predicted molar refractivity (Wildman–Crippen MR) is 72.0 cm³/mol. The molecule has 0 bridgehead atoms. The minimum atomic E-state index is -0.561. The van der Waals surface area contributed by atoms with Crippen LogP contribution in [-0.4, -0.2) is 35.8 Å². The highest BCUT2D eigenvalue weighted by molar-refractivity contribution is 5.84. The van der Waals surface area contributed by atoms with Gasteiger partial charge in [0.05, 0.1) is 12.0 Å². The summed E-state index contributed by atoms with van der Waals surface area (Å²) >= 11 is 0. The Hall–Kier alpha value is -1.88. The molecule has 5 heteroatoms. The highest BCUT2D eigenvalue weighted by atomic mass is 16.2. The molecule has 2 unspecified atom stereocenters. The maximum atomic E-state index is 12.2. The van der Waals surface area contributed by atoms with Crippen molar-refractivity contribution in [3.05, 3.63) is 35.9 Å². The van der Waals surface area contributed by atoms with Crippen LogP contribution in [0.3, 0.4) is 0 Å². The maximum absolute atomic E-state index is 12.2. The van der Waals surface area contributed by atoms with Gasteiger partial charge in [0.2, 0.25) is 11.8 Å². The van der Waals surface area contributed by atoms with Gasteiger partial charge in [-0.3, -0.25) is 9.59 Å². The van der Waals surface area contributed by atoms with Crippen molar-refractivity contribution >= 4 is 11.8 Å². The van der Waals surface area contributed by atoms with Crippen LogP contribution < -0.4 is 11.5 Å². The second-order valence-corrected chi connectivity index (χ2v) is 4.97. The number of carbonyl (C=O) groups excluding carboxylic acids is 2. The van der Waals surface area contributed by atoms with Crippen LogP contribution in [0.1, 0.15) is 12.0 Å². The number of rotatable bonds is 4. The van der Waals surface area contributed by atoms with E-state index in [0.717, 1.165) is 5.56 Å². The molecule has 0 radical (unpaired) electrons. The highest BCUT2D eigenvalue weighted by Crippen LogP contribution is 2.17. The molecule has 5 nitrogen and oxygen atoms in total. The lowest BCUT2D eigenvalue weighted by Gasteiger charge is -2.20. The normalized spacial score (nSPS) is 20.3. The Labute approximate surface area is 112 Å². The molecular formula is C14H19N3O2. The number of benzene rings is 1. The SMILES string of the molecule is NC(=O)C1CCN(C(=O)C(N)Cc2ccccc2)C1. The van der Waals surface area contributed by atoms with Crippen molar-refractivity contribution in [2.24, 2.45) is 17.4 Å². The Morgan fingerprint density at radius 3 is 2.58 bits per heavy atom. The summed E-state index contributed by atoms with van der Waals surface area (Å²) < 4.78 is 0. The van der Waals surface area contributed by atoms with Crippen LogP contribution in [0.2, 0.25) is 0 Å². The van der Waals surface area contributed by atoms with Gasteiger partial charge in [0.25, 0.3) is 0 Å². The molecule has 1 saturated heterocycles. The van der Waals surface area contributed by atoms with Crippen molar-refractivity contribution in [3.63, 3.8) is 0 Å². The van der Waals surface area contributed by atoms with E-state index in [-0.39, 0.29) is 17.7 Å². The Balaban J connectivity index is 1.91. The number of primary amides is 1. The van der Waals surface area contributed by atoms with Crippen LogP contribution in [0, 0.1) is 5.92 Å². The Morgan fingerprint density at radius 2 is 2.00 bits per heavy atom. The molecule has 0 spiro atoms. The van der Waals surface area contributed by atoms with E-state index in [9.17, 15) is 9.59 Å². The fourth-order valence-electron chi connectivity index (χ4n) is 2.38. The van der Waals surface area contributed by atoms with E-state index in [1.807, 2.05) is 30.3 Å². The average Bonchev–Trinajstić information content (AvgIpc) is 2.88. The molecule has 1 aromatic rings. The van der Waals surface area contributed by atoms with Crippen LogP contribution in [-0.2, 0) is 16.0 Å². The number of amides is 2. The summed E-state index contributed by atoms with van der Waals surface area (Å²) in [6.45, 7) is 0.964. The standard InChI is InChI=1S/C14H19N3O2/c15-12(8-10-4-2-1-3-5-10)14(19)17-7-6-11(9-17)13(16)18/h1-5,11-12H,6-9,15H2,(H2,16,18). The zero-order chi connectivity index (χ0) is 13.8. The van der Waals surface area contributed by atoms with E-state index >= 15 is 0 Å². The lowest BCUT2D eigenvalue weighted by atomic mass is 10.1. The topological polar surface area (TPSA) is 89.4 Å². The third-order valence-corrected chi connectivity index (χ3v) is 3.52. The van der Waals surface area contributed by atoms with E-state index in [4.69, 9.17) is 11.5 Å². The van der Waals surface area contributed by atoms with Gasteiger partial charge in [0.1, 0.15) is 0 Å². The first-order valence-corrected chi connectivity index (χ1v) is 6.45. The molecule has 1 heterocycles. The van der Waals surface area contributed by atoms with Crippen molar-refractivity contribution in [1.29, 1.82) is 0 Å². The fraction of sp³-hybridized carbons (Fsp3) is 0.429. The van der Waals surface area contributed by atoms with Gasteiger partial charge in [0.15, 0.2) is 0 Å². The largest absolute Gasteiger partial charge is 0.369 e. The molecule has 1 aliphatic heterocycles. The Bertz CT molecular complexity index is 461. The monoisotopic (exact) mass is 261 g/mol. The molecule has 102 valence electrons. The summed E-state index contributed by atoms with van der Waals surface area (Å²) in [6, 6.07) is 9.10. The molecule has 0 aromatic heterocycles. The zero-order valence-corrected chi connectivity index (χ0v) is 10.8. The average molecular weight is 261 g/mol. The molecule has 1 fully saturated rings. The quantitative estimate of drug-likeness (QED) is 0.792. The van der Waals surface area contributed by atoms with E-state index in [1.165, 1.54) is 0 Å². The van der Waals surface area contributed by atoms with Crippen LogP contribution in [0.4, 0.5) is 0 Å². The molecule has 1 aromatic carbocycles. The van der Waals surface area contributed by atoms with Gasteiger partial charge < -0.3 is 16.4 Å². The first-order chi connectivity index (χ1) is 9.08. The first-order valence-electron chi connectivity index (χ1n) is 6.45. The van der Waals surface area contributed by atoms with Gasteiger partial charge in [-0.15, -0.1) is 0 Å². The molecule has 2 atom stereocenters. The minimum Gasteiger partial charge on any atom is -0.369 e. The summed E-state index contributed by atoms with van der Waals surface area (Å²) in [4.78, 5) is 24.9. The molecule has 2 amide bonds. The van der Waals surface area contributed by atoms with Gasteiger partial charge in [-0.2, -0.15) is 0 Å². The lowest BCUT2D eigenvalue weighted by Crippen LogP contribution is -2.44. The Kier molecular flexibility index (Phi) is 4.16. The summed E-state index contributed by atoms with van der Waals surface area (Å²) in [5, 5.41) is 0. The number of likely N-dealkylation sites (tertiary alicyclic amines) is 1. The molecule has 1 aliphatic rings. The summed E-state index contributed by atoms with van der Waals surface area (Å²) in [5.41, 5.74) is 12.2. The van der Waals surface area contributed by atoms with Crippen LogP contribution in [0.25, 0.3) is 0 Å². The molecule has 4 N–H and O–H groups in total. The van der Waals surface area contributed by atoms with Crippen molar-refractivity contribution in [2.75, 3.05) is 13.1 Å². The van der Waals surface area contributed by atoms with Gasteiger partial charge in [-0.1, -0.05) is 30.3 Å². The predicted octanol–water partition coefficient (Wildman–Crippen LogP) is -0.110. The maximum Gasteiger partial charge on any atom is 0.239 e. The second kappa shape index (κ2) is 5.84. The number of nitrogens with zero attached hydrogens (tertiary/aromatic N) is 1. The molecule has 0 saturated carbocycles. The minimum absolute atomic E-state index is 0.104. The van der Waals surface area contributed by atoms with Crippen molar-refractivity contribution in [3.8, 4) is 0 Å². The summed E-state index contributed by atoms with van der Waals surface area (Å²) in [5.74, 6) is -0.674. The molecule has 19 heavy (non-hydrogen) atoms. The van der Waals surface area contributed by atoms with E-state index in [0.29, 0.717) is 25.9 Å². The third kappa shape index (κ3) is 3.32. The van der Waals surface area contributed by atoms with Crippen LogP contribution in [0.5, 0.6) is 0 Å². The summed E-state index contributed by atoms with van der Waals surface area (Å²) in [6.07, 6.45) is 1.15. The van der Waals surface area contributed by atoms with Crippen molar-refractivity contribution < 1.29 is 9.59 Å². The summed E-state index contributed by atoms with van der Waals surface area (Å²) in [7, 11) is 0. The lowest BCUT2D eigenvalue weighted by molar-refractivity contribution is -0.131. The van der Waals surface area contributed by atoms with Crippen molar-refractivity contribution in [2.45, 2.75) is 18.9 Å². The number of hydrogen-bond donors (Lipinski definition) is 2. The van der Waals surface area contributed by atoms with E-state index in [2.05, 4.69) is 0 Å². The van der Waals surface area contributed by atoms with Gasteiger partial charge >= 0.3 is 0 Å². The van der Waals surface area contributed by atoms with Gasteiger partial charge in [-0.25, -0.2) is 0 Å². The highest BCUT2D eigenvalue weighted by Gasteiger charge is 2.31. The molecular weight excluding hydrogens is 242 g/mol. The smallest absolute Gasteiger partial charge is 0.239 e. The molecule has 2 rings (SSSR count). The van der Waals surface area contributed by atoms with Gasteiger partial charge in [-0.05, 0) is 18.4 Å². The van der Waals surface area contributed by atoms with E-state index in [1.54, 1.807) is 4.90 Å². The van der Waals surface area contributed by atoms with Crippen LogP contribution in [0.15, 0.2) is 30.3 Å². The van der Waals surface area contributed by atoms with Crippen LogP contribution >= 0.6 is 0 Å². The van der Waals surface area contributed by atoms with E-state index < -0.39 is 6.04 Å².